The first-order valence-corrected chi connectivity index (χ1v) is 9.47. The summed E-state index contributed by atoms with van der Waals surface area (Å²) in [6, 6.07) is 9.84. The Hall–Kier alpha value is -2.37. The number of hydrogen-bond donors (Lipinski definition) is 2. The van der Waals surface area contributed by atoms with E-state index in [4.69, 9.17) is 0 Å². The molecule has 0 unspecified atom stereocenters. The van der Waals surface area contributed by atoms with Crippen LogP contribution in [0.3, 0.4) is 0 Å². The van der Waals surface area contributed by atoms with Gasteiger partial charge in [-0.3, -0.25) is 14.5 Å². The van der Waals surface area contributed by atoms with Gasteiger partial charge in [0.2, 0.25) is 5.91 Å². The van der Waals surface area contributed by atoms with Crippen molar-refractivity contribution in [2.45, 2.75) is 63.5 Å². The minimum Gasteiger partial charge on any atom is -0.354 e. The molecule has 1 aromatic rings. The first kappa shape index (κ1) is 18.4. The third-order valence-corrected chi connectivity index (χ3v) is 5.38. The molecule has 140 valence electrons. The molecule has 4 amide bonds. The third-order valence-electron chi connectivity index (χ3n) is 5.38. The van der Waals surface area contributed by atoms with Gasteiger partial charge in [-0.15, -0.1) is 0 Å². The average molecular weight is 357 g/mol. The van der Waals surface area contributed by atoms with Gasteiger partial charge in [0.25, 0.3) is 5.91 Å². The van der Waals surface area contributed by atoms with Crippen LogP contribution < -0.4 is 10.6 Å². The summed E-state index contributed by atoms with van der Waals surface area (Å²) in [5, 5.41) is 5.79. The Labute approximate surface area is 154 Å². The summed E-state index contributed by atoms with van der Waals surface area (Å²) >= 11 is 0. The number of amides is 4. The fourth-order valence-corrected chi connectivity index (χ4v) is 3.86. The highest BCUT2D eigenvalue weighted by Crippen LogP contribution is 2.34. The Morgan fingerprint density at radius 3 is 2.62 bits per heavy atom. The summed E-state index contributed by atoms with van der Waals surface area (Å²) in [7, 11) is 0. The molecule has 6 nitrogen and oxygen atoms in total. The number of carbonyl (C=O) groups excluding carboxylic acids is 3. The van der Waals surface area contributed by atoms with Crippen LogP contribution in [0.4, 0.5) is 4.79 Å². The number of imide groups is 1. The highest BCUT2D eigenvalue weighted by atomic mass is 16.2. The second-order valence-corrected chi connectivity index (χ2v) is 7.42. The quantitative estimate of drug-likeness (QED) is 0.736. The van der Waals surface area contributed by atoms with Crippen molar-refractivity contribution in [1.29, 1.82) is 0 Å². The maximum absolute atomic E-state index is 12.5. The summed E-state index contributed by atoms with van der Waals surface area (Å²) in [5.41, 5.74) is 0.547. The Morgan fingerprint density at radius 2 is 1.92 bits per heavy atom. The molecule has 1 spiro atoms. The van der Waals surface area contributed by atoms with E-state index in [1.54, 1.807) is 0 Å². The molecule has 1 aliphatic heterocycles. The van der Waals surface area contributed by atoms with Gasteiger partial charge in [0.15, 0.2) is 0 Å². The normalized spacial score (nSPS) is 19.7. The van der Waals surface area contributed by atoms with Crippen molar-refractivity contribution >= 4 is 17.8 Å². The first-order chi connectivity index (χ1) is 12.5. The van der Waals surface area contributed by atoms with Gasteiger partial charge in [0.05, 0.1) is 0 Å². The topological polar surface area (TPSA) is 78.5 Å². The van der Waals surface area contributed by atoms with Crippen molar-refractivity contribution in [2.24, 2.45) is 0 Å². The minimum absolute atomic E-state index is 0.0481. The van der Waals surface area contributed by atoms with Crippen molar-refractivity contribution in [2.75, 3.05) is 6.54 Å². The number of rotatable bonds is 7. The summed E-state index contributed by atoms with van der Waals surface area (Å²) in [6.45, 7) is 2.12. The van der Waals surface area contributed by atoms with E-state index in [2.05, 4.69) is 22.8 Å². The molecule has 2 fully saturated rings. The summed E-state index contributed by atoms with van der Waals surface area (Å²) in [5.74, 6) is -0.288. The third kappa shape index (κ3) is 4.06. The van der Waals surface area contributed by atoms with Crippen LogP contribution in [0.5, 0.6) is 0 Å². The van der Waals surface area contributed by atoms with E-state index < -0.39 is 5.54 Å². The van der Waals surface area contributed by atoms with E-state index in [1.807, 2.05) is 25.1 Å². The maximum Gasteiger partial charge on any atom is 0.325 e. The van der Waals surface area contributed by atoms with Crippen molar-refractivity contribution in [3.8, 4) is 0 Å². The Bertz CT molecular complexity index is 668. The number of nitrogens with zero attached hydrogens (tertiary/aromatic N) is 1. The highest BCUT2D eigenvalue weighted by Gasteiger charge is 2.52. The second-order valence-electron chi connectivity index (χ2n) is 7.42. The van der Waals surface area contributed by atoms with Gasteiger partial charge < -0.3 is 10.6 Å². The van der Waals surface area contributed by atoms with Gasteiger partial charge in [-0.05, 0) is 38.2 Å². The Kier molecular flexibility index (Phi) is 5.59. The lowest BCUT2D eigenvalue weighted by Gasteiger charge is -2.20. The molecule has 0 bridgehead atoms. The molecule has 1 aromatic carbocycles. The molecule has 1 saturated carbocycles. The molecule has 26 heavy (non-hydrogen) atoms. The number of benzene rings is 1. The van der Waals surface area contributed by atoms with Crippen molar-refractivity contribution in [1.82, 2.24) is 15.5 Å². The van der Waals surface area contributed by atoms with Gasteiger partial charge in [-0.1, -0.05) is 43.2 Å². The van der Waals surface area contributed by atoms with Crippen molar-refractivity contribution in [3.05, 3.63) is 35.9 Å². The van der Waals surface area contributed by atoms with Crippen LogP contribution in [0.1, 0.15) is 51.0 Å². The molecule has 6 heteroatoms. The van der Waals surface area contributed by atoms with Crippen molar-refractivity contribution in [3.63, 3.8) is 0 Å². The van der Waals surface area contributed by atoms with Crippen LogP contribution >= 0.6 is 0 Å². The standard InChI is InChI=1S/C20H27N3O3/c1-15(9-10-16-7-3-2-4-8-16)21-17(24)11-14-23-18(25)20(22-19(23)26)12-5-6-13-20/h2-4,7-8,15H,5-6,9-14H2,1H3,(H,21,24)(H,22,26)/t15-/m0/s1. The van der Waals surface area contributed by atoms with Crippen molar-refractivity contribution < 1.29 is 14.4 Å². The average Bonchev–Trinajstić information content (AvgIpc) is 3.18. The summed E-state index contributed by atoms with van der Waals surface area (Å²) < 4.78 is 0. The Balaban J connectivity index is 1.42. The molecular weight excluding hydrogens is 330 g/mol. The Morgan fingerprint density at radius 1 is 1.23 bits per heavy atom. The van der Waals surface area contributed by atoms with E-state index in [9.17, 15) is 14.4 Å². The molecule has 1 saturated heterocycles. The van der Waals surface area contributed by atoms with Gasteiger partial charge in [-0.2, -0.15) is 0 Å². The van der Waals surface area contributed by atoms with E-state index in [-0.39, 0.29) is 36.9 Å². The maximum atomic E-state index is 12.5. The van der Waals surface area contributed by atoms with E-state index in [0.717, 1.165) is 25.7 Å². The molecule has 2 aliphatic rings. The van der Waals surface area contributed by atoms with Crippen LogP contribution in [-0.2, 0) is 16.0 Å². The van der Waals surface area contributed by atoms with E-state index >= 15 is 0 Å². The molecule has 1 atom stereocenters. The lowest BCUT2D eigenvalue weighted by molar-refractivity contribution is -0.131. The van der Waals surface area contributed by atoms with Crippen LogP contribution in [0, 0.1) is 0 Å². The molecule has 0 aromatic heterocycles. The predicted molar refractivity (Wildman–Crippen MR) is 98.4 cm³/mol. The predicted octanol–water partition coefficient (Wildman–Crippen LogP) is 2.38. The SMILES string of the molecule is C[C@@H](CCc1ccccc1)NC(=O)CCN1C(=O)NC2(CCCC2)C1=O. The lowest BCUT2D eigenvalue weighted by Crippen LogP contribution is -2.44. The number of nitrogens with one attached hydrogen (secondary N) is 2. The zero-order valence-corrected chi connectivity index (χ0v) is 15.3. The van der Waals surface area contributed by atoms with E-state index in [0.29, 0.717) is 12.8 Å². The molecular formula is C20H27N3O3. The second kappa shape index (κ2) is 7.89. The fraction of sp³-hybridized carbons (Fsp3) is 0.550. The van der Waals surface area contributed by atoms with Gasteiger partial charge >= 0.3 is 6.03 Å². The monoisotopic (exact) mass is 357 g/mol. The van der Waals surface area contributed by atoms with Crippen LogP contribution in [0.2, 0.25) is 0 Å². The largest absolute Gasteiger partial charge is 0.354 e. The van der Waals surface area contributed by atoms with Crippen LogP contribution in [-0.4, -0.2) is 40.9 Å². The highest BCUT2D eigenvalue weighted by molar-refractivity contribution is 6.07. The van der Waals surface area contributed by atoms with Gasteiger partial charge in [-0.25, -0.2) is 4.79 Å². The van der Waals surface area contributed by atoms with Gasteiger partial charge in [0, 0.05) is 19.0 Å². The number of urea groups is 1. The van der Waals surface area contributed by atoms with Gasteiger partial charge in [0.1, 0.15) is 5.54 Å². The number of carbonyl (C=O) groups is 3. The summed E-state index contributed by atoms with van der Waals surface area (Å²) in [4.78, 5) is 38.0. The van der Waals surface area contributed by atoms with Crippen LogP contribution in [0.25, 0.3) is 0 Å². The number of hydrogen-bond acceptors (Lipinski definition) is 3. The molecule has 1 heterocycles. The fourth-order valence-electron chi connectivity index (χ4n) is 3.86. The molecule has 2 N–H and O–H groups in total. The molecule has 3 rings (SSSR count). The smallest absolute Gasteiger partial charge is 0.325 e. The molecule has 0 radical (unpaired) electrons. The zero-order chi connectivity index (χ0) is 18.6. The number of aryl methyl sites for hydroxylation is 1. The molecule has 1 aliphatic carbocycles. The minimum atomic E-state index is -0.698. The zero-order valence-electron chi connectivity index (χ0n) is 15.3. The van der Waals surface area contributed by atoms with E-state index in [1.165, 1.54) is 10.5 Å². The van der Waals surface area contributed by atoms with Crippen LogP contribution in [0.15, 0.2) is 30.3 Å². The lowest BCUT2D eigenvalue weighted by atomic mass is 9.98. The summed E-state index contributed by atoms with van der Waals surface area (Å²) in [6.07, 6.45) is 5.22. The first-order valence-electron chi connectivity index (χ1n) is 9.47.